The lowest BCUT2D eigenvalue weighted by Crippen LogP contribution is -2.42. The molecule has 1 unspecified atom stereocenters. The highest BCUT2D eigenvalue weighted by molar-refractivity contribution is 5.75. The average Bonchev–Trinajstić information content (AvgIpc) is 2.29. The molecule has 0 heterocycles. The highest BCUT2D eigenvalue weighted by Crippen LogP contribution is 2.24. The standard InChI is InChI=1S/C14H28N2O3/c1-6-7-8-16(5)13(19)15-10-11(12(17)18)9-14(2,3)4/h11H,6-10H2,1-5H3,(H,15,19)(H,17,18). The number of unbranched alkanes of at least 4 members (excludes halogenated alkanes) is 1. The molecule has 0 saturated carbocycles. The molecule has 0 aromatic heterocycles. The number of hydrogen-bond acceptors (Lipinski definition) is 2. The normalized spacial score (nSPS) is 12.9. The number of hydrogen-bond donors (Lipinski definition) is 2. The number of rotatable bonds is 7. The summed E-state index contributed by atoms with van der Waals surface area (Å²) < 4.78 is 0. The van der Waals surface area contributed by atoms with Gasteiger partial charge in [0.05, 0.1) is 5.92 Å². The molecule has 0 aliphatic rings. The van der Waals surface area contributed by atoms with Gasteiger partial charge in [0.2, 0.25) is 0 Å². The van der Waals surface area contributed by atoms with E-state index in [1.54, 1.807) is 11.9 Å². The summed E-state index contributed by atoms with van der Waals surface area (Å²) in [5.41, 5.74) is -0.0676. The first kappa shape index (κ1) is 17.7. The average molecular weight is 272 g/mol. The van der Waals surface area contributed by atoms with Crippen LogP contribution in [0.5, 0.6) is 0 Å². The van der Waals surface area contributed by atoms with Crippen LogP contribution < -0.4 is 5.32 Å². The highest BCUT2D eigenvalue weighted by atomic mass is 16.4. The van der Waals surface area contributed by atoms with E-state index in [2.05, 4.69) is 12.2 Å². The zero-order valence-corrected chi connectivity index (χ0v) is 12.8. The summed E-state index contributed by atoms with van der Waals surface area (Å²) in [6.07, 6.45) is 2.52. The second-order valence-electron chi connectivity index (χ2n) is 6.26. The van der Waals surface area contributed by atoms with Crippen LogP contribution in [0.4, 0.5) is 4.79 Å². The minimum absolute atomic E-state index is 0.0676. The quantitative estimate of drug-likeness (QED) is 0.748. The Morgan fingerprint density at radius 2 is 1.89 bits per heavy atom. The number of carboxylic acids is 1. The largest absolute Gasteiger partial charge is 0.481 e. The summed E-state index contributed by atoms with van der Waals surface area (Å²) in [4.78, 5) is 24.5. The van der Waals surface area contributed by atoms with Gasteiger partial charge >= 0.3 is 12.0 Å². The first-order valence-corrected chi connectivity index (χ1v) is 6.89. The molecule has 0 rings (SSSR count). The summed E-state index contributed by atoms with van der Waals surface area (Å²) in [6.45, 7) is 8.94. The van der Waals surface area contributed by atoms with Crippen molar-refractivity contribution in [3.05, 3.63) is 0 Å². The van der Waals surface area contributed by atoms with Crippen LogP contribution in [0.15, 0.2) is 0 Å². The molecule has 2 N–H and O–H groups in total. The minimum atomic E-state index is -0.855. The van der Waals surface area contributed by atoms with E-state index in [4.69, 9.17) is 5.11 Å². The Balaban J connectivity index is 4.25. The van der Waals surface area contributed by atoms with Gasteiger partial charge in [-0.1, -0.05) is 34.1 Å². The fraction of sp³-hybridized carbons (Fsp3) is 0.857. The van der Waals surface area contributed by atoms with Crippen molar-refractivity contribution >= 4 is 12.0 Å². The number of carbonyl (C=O) groups excluding carboxylic acids is 1. The van der Waals surface area contributed by atoms with Crippen molar-refractivity contribution in [1.29, 1.82) is 0 Å². The Morgan fingerprint density at radius 3 is 2.32 bits per heavy atom. The smallest absolute Gasteiger partial charge is 0.317 e. The lowest BCUT2D eigenvalue weighted by atomic mass is 9.84. The summed E-state index contributed by atoms with van der Waals surface area (Å²) in [6, 6.07) is -0.200. The predicted octanol–water partition coefficient (Wildman–Crippen LogP) is 2.56. The third kappa shape index (κ3) is 8.46. The maximum Gasteiger partial charge on any atom is 0.317 e. The third-order valence-corrected chi connectivity index (χ3v) is 2.90. The molecule has 0 saturated heterocycles. The van der Waals surface area contributed by atoms with Gasteiger partial charge in [-0.2, -0.15) is 0 Å². The van der Waals surface area contributed by atoms with Crippen molar-refractivity contribution < 1.29 is 14.7 Å². The number of urea groups is 1. The molecule has 0 aliphatic heterocycles. The van der Waals surface area contributed by atoms with Gasteiger partial charge in [-0.05, 0) is 18.3 Å². The van der Waals surface area contributed by atoms with Crippen molar-refractivity contribution in [3.8, 4) is 0 Å². The molecule has 0 bridgehead atoms. The monoisotopic (exact) mass is 272 g/mol. The number of nitrogens with zero attached hydrogens (tertiary/aromatic N) is 1. The molecule has 0 aromatic rings. The van der Waals surface area contributed by atoms with Crippen molar-refractivity contribution in [2.45, 2.75) is 47.0 Å². The fourth-order valence-electron chi connectivity index (χ4n) is 1.83. The molecule has 5 nitrogen and oxygen atoms in total. The Bertz CT molecular complexity index is 298. The molecule has 2 amide bonds. The summed E-state index contributed by atoms with van der Waals surface area (Å²) in [5, 5.41) is 11.9. The number of carbonyl (C=O) groups is 2. The van der Waals surface area contributed by atoms with Crippen LogP contribution in [0.3, 0.4) is 0 Å². The maximum atomic E-state index is 11.8. The van der Waals surface area contributed by atoms with Crippen LogP contribution >= 0.6 is 0 Å². The van der Waals surface area contributed by atoms with Gasteiger partial charge in [0.1, 0.15) is 0 Å². The van der Waals surface area contributed by atoms with Crippen LogP contribution in [-0.4, -0.2) is 42.1 Å². The summed E-state index contributed by atoms with van der Waals surface area (Å²) in [5.74, 6) is -1.39. The van der Waals surface area contributed by atoms with Gasteiger partial charge in [0.25, 0.3) is 0 Å². The van der Waals surface area contributed by atoms with Gasteiger partial charge in [-0.15, -0.1) is 0 Å². The Morgan fingerprint density at radius 1 is 1.32 bits per heavy atom. The van der Waals surface area contributed by atoms with Crippen LogP contribution in [-0.2, 0) is 4.79 Å². The molecule has 0 aliphatic carbocycles. The van der Waals surface area contributed by atoms with E-state index in [1.165, 1.54) is 0 Å². The van der Waals surface area contributed by atoms with E-state index >= 15 is 0 Å². The number of nitrogens with one attached hydrogen (secondary N) is 1. The lowest BCUT2D eigenvalue weighted by Gasteiger charge is -2.24. The van der Waals surface area contributed by atoms with Crippen molar-refractivity contribution in [1.82, 2.24) is 10.2 Å². The second-order valence-corrected chi connectivity index (χ2v) is 6.26. The SMILES string of the molecule is CCCCN(C)C(=O)NCC(CC(C)(C)C)C(=O)O. The van der Waals surface area contributed by atoms with E-state index in [1.807, 2.05) is 20.8 Å². The predicted molar refractivity (Wildman–Crippen MR) is 76.1 cm³/mol. The second kappa shape index (κ2) is 8.02. The highest BCUT2D eigenvalue weighted by Gasteiger charge is 2.25. The molecule has 19 heavy (non-hydrogen) atoms. The van der Waals surface area contributed by atoms with Gasteiger partial charge in [0, 0.05) is 20.1 Å². The van der Waals surface area contributed by atoms with Gasteiger partial charge in [-0.25, -0.2) is 4.79 Å². The van der Waals surface area contributed by atoms with Crippen LogP contribution in [0.1, 0.15) is 47.0 Å². The number of aliphatic carboxylic acids is 1. The fourth-order valence-corrected chi connectivity index (χ4v) is 1.83. The van der Waals surface area contributed by atoms with E-state index < -0.39 is 11.9 Å². The van der Waals surface area contributed by atoms with Crippen LogP contribution in [0.25, 0.3) is 0 Å². The van der Waals surface area contributed by atoms with E-state index in [-0.39, 0.29) is 18.0 Å². The Labute approximate surface area is 116 Å². The van der Waals surface area contributed by atoms with Crippen molar-refractivity contribution in [2.24, 2.45) is 11.3 Å². The van der Waals surface area contributed by atoms with Gasteiger partial charge in [-0.3, -0.25) is 4.79 Å². The van der Waals surface area contributed by atoms with Crippen molar-refractivity contribution in [3.63, 3.8) is 0 Å². The van der Waals surface area contributed by atoms with E-state index in [0.29, 0.717) is 13.0 Å². The lowest BCUT2D eigenvalue weighted by molar-refractivity contribution is -0.142. The van der Waals surface area contributed by atoms with Crippen molar-refractivity contribution in [2.75, 3.05) is 20.1 Å². The summed E-state index contributed by atoms with van der Waals surface area (Å²) in [7, 11) is 1.73. The number of carboxylic acid groups (broad SMARTS) is 1. The minimum Gasteiger partial charge on any atom is -0.481 e. The van der Waals surface area contributed by atoms with Gasteiger partial charge < -0.3 is 15.3 Å². The Kier molecular flexibility index (Phi) is 7.49. The molecule has 0 fully saturated rings. The summed E-state index contributed by atoms with van der Waals surface area (Å²) >= 11 is 0. The molecule has 0 radical (unpaired) electrons. The van der Waals surface area contributed by atoms with Gasteiger partial charge in [0.15, 0.2) is 0 Å². The molecular weight excluding hydrogens is 244 g/mol. The molecule has 112 valence electrons. The Hall–Kier alpha value is -1.26. The molecule has 1 atom stereocenters. The molecule has 5 heteroatoms. The number of amides is 2. The first-order chi connectivity index (χ1) is 8.67. The third-order valence-electron chi connectivity index (χ3n) is 2.90. The zero-order valence-electron chi connectivity index (χ0n) is 12.8. The first-order valence-electron chi connectivity index (χ1n) is 6.89. The van der Waals surface area contributed by atoms with Crippen LogP contribution in [0.2, 0.25) is 0 Å². The zero-order chi connectivity index (χ0) is 15.1. The van der Waals surface area contributed by atoms with E-state index in [0.717, 1.165) is 12.8 Å². The molecule has 0 spiro atoms. The maximum absolute atomic E-state index is 11.8. The van der Waals surface area contributed by atoms with Crippen LogP contribution in [0, 0.1) is 11.3 Å². The topological polar surface area (TPSA) is 69.6 Å². The van der Waals surface area contributed by atoms with E-state index in [9.17, 15) is 9.59 Å². The molecular formula is C14H28N2O3. The molecule has 0 aromatic carbocycles.